The largest absolute Gasteiger partial charge is 0.409 e. The first-order valence-corrected chi connectivity index (χ1v) is 6.80. The molecule has 0 saturated carbocycles. The molecule has 1 fully saturated rings. The van der Waals surface area contributed by atoms with Crippen LogP contribution in [-0.4, -0.2) is 60.0 Å². The first-order valence-electron chi connectivity index (χ1n) is 6.80. The Hall–Kier alpha value is -1.30. The van der Waals surface area contributed by atoms with Gasteiger partial charge in [-0.2, -0.15) is 0 Å². The topological polar surface area (TPSA) is 82.2 Å². The summed E-state index contributed by atoms with van der Waals surface area (Å²) in [6.45, 7) is 5.35. The van der Waals surface area contributed by atoms with E-state index in [0.29, 0.717) is 19.0 Å². The van der Waals surface area contributed by atoms with Gasteiger partial charge in [0.25, 0.3) is 0 Å². The van der Waals surface area contributed by atoms with Crippen molar-refractivity contribution < 1.29 is 10.0 Å². The maximum atomic E-state index is 12.5. The molecule has 110 valence electrons. The van der Waals surface area contributed by atoms with Crippen molar-refractivity contribution in [1.82, 2.24) is 9.80 Å². The molecule has 1 saturated heterocycles. The summed E-state index contributed by atoms with van der Waals surface area (Å²) in [5.41, 5.74) is 4.75. The smallest absolute Gasteiger partial charge is 0.236 e. The fourth-order valence-electron chi connectivity index (χ4n) is 2.58. The number of rotatable bonds is 5. The predicted molar refractivity (Wildman–Crippen MR) is 75.1 cm³/mol. The van der Waals surface area contributed by atoms with Gasteiger partial charge in [-0.3, -0.25) is 4.79 Å². The van der Waals surface area contributed by atoms with Gasteiger partial charge in [0.15, 0.2) is 5.84 Å². The zero-order valence-electron chi connectivity index (χ0n) is 12.4. The van der Waals surface area contributed by atoms with Gasteiger partial charge >= 0.3 is 0 Å². The lowest BCUT2D eigenvalue weighted by Crippen LogP contribution is -2.50. The van der Waals surface area contributed by atoms with E-state index >= 15 is 0 Å². The molecular weight excluding hydrogens is 244 g/mol. The van der Waals surface area contributed by atoms with Crippen molar-refractivity contribution in [3.8, 4) is 0 Å². The molecule has 0 spiro atoms. The summed E-state index contributed by atoms with van der Waals surface area (Å²) in [5.74, 6) is -0.114. The Bertz CT molecular complexity index is 359. The lowest BCUT2D eigenvalue weighted by molar-refractivity contribution is -0.137. The van der Waals surface area contributed by atoms with Crippen LogP contribution in [0.1, 0.15) is 33.1 Å². The van der Waals surface area contributed by atoms with Gasteiger partial charge in [-0.1, -0.05) is 12.1 Å². The molecule has 1 rings (SSSR count). The van der Waals surface area contributed by atoms with Crippen LogP contribution >= 0.6 is 0 Å². The quantitative estimate of drug-likeness (QED) is 0.333. The van der Waals surface area contributed by atoms with Crippen molar-refractivity contribution in [3.05, 3.63) is 0 Å². The lowest BCUT2D eigenvalue weighted by atomic mass is 9.84. The number of nitrogens with zero attached hydrogens (tertiary/aromatic N) is 3. The minimum atomic E-state index is -0.930. The Kier molecular flexibility index (Phi) is 5.17. The molecule has 0 radical (unpaired) electrons. The highest BCUT2D eigenvalue weighted by Crippen LogP contribution is 2.25. The number of likely N-dealkylation sites (N-methyl/N-ethyl adjacent to an activating group) is 2. The molecule has 2 unspecified atom stereocenters. The standard InChI is InChI=1S/C13H26N4O2/c1-5-13(2,11(14)15-19)12(18)17(4)9-10-7-6-8-16(10)3/h10,19H,5-9H2,1-4H3,(H2,14,15). The van der Waals surface area contributed by atoms with Crippen LogP contribution in [0.3, 0.4) is 0 Å². The van der Waals surface area contributed by atoms with Crippen molar-refractivity contribution in [3.63, 3.8) is 0 Å². The second kappa shape index (κ2) is 6.23. The van der Waals surface area contributed by atoms with Crippen molar-refractivity contribution in [1.29, 1.82) is 0 Å². The Morgan fingerprint density at radius 2 is 2.26 bits per heavy atom. The Labute approximate surface area is 115 Å². The van der Waals surface area contributed by atoms with Gasteiger partial charge in [0, 0.05) is 19.6 Å². The van der Waals surface area contributed by atoms with E-state index in [2.05, 4.69) is 17.1 Å². The second-order valence-electron chi connectivity index (χ2n) is 5.63. The van der Waals surface area contributed by atoms with Gasteiger partial charge in [-0.15, -0.1) is 0 Å². The summed E-state index contributed by atoms with van der Waals surface area (Å²) in [5, 5.41) is 11.9. The highest BCUT2D eigenvalue weighted by molar-refractivity contribution is 6.06. The number of hydrogen-bond acceptors (Lipinski definition) is 4. The fraction of sp³-hybridized carbons (Fsp3) is 0.846. The van der Waals surface area contributed by atoms with Crippen molar-refractivity contribution in [2.45, 2.75) is 39.2 Å². The van der Waals surface area contributed by atoms with Gasteiger partial charge in [-0.05, 0) is 39.8 Å². The van der Waals surface area contributed by atoms with E-state index in [4.69, 9.17) is 10.9 Å². The molecule has 0 aromatic heterocycles. The minimum Gasteiger partial charge on any atom is -0.409 e. The van der Waals surface area contributed by atoms with Crippen LogP contribution in [0.25, 0.3) is 0 Å². The molecule has 0 bridgehead atoms. The number of carbonyl (C=O) groups is 1. The molecule has 1 aliphatic rings. The third-order valence-corrected chi connectivity index (χ3v) is 4.36. The van der Waals surface area contributed by atoms with Crippen LogP contribution in [0, 0.1) is 5.41 Å². The summed E-state index contributed by atoms with van der Waals surface area (Å²) in [4.78, 5) is 16.5. The second-order valence-corrected chi connectivity index (χ2v) is 5.63. The van der Waals surface area contributed by atoms with Gasteiger partial charge in [-0.25, -0.2) is 0 Å². The van der Waals surface area contributed by atoms with Crippen molar-refractivity contribution >= 4 is 11.7 Å². The summed E-state index contributed by atoms with van der Waals surface area (Å²) in [6.07, 6.45) is 2.79. The molecule has 0 aromatic rings. The van der Waals surface area contributed by atoms with Gasteiger partial charge in [0.2, 0.25) is 5.91 Å². The molecule has 0 aromatic carbocycles. The maximum Gasteiger partial charge on any atom is 0.236 e. The van der Waals surface area contributed by atoms with Crippen LogP contribution < -0.4 is 5.73 Å². The minimum absolute atomic E-state index is 0.0216. The zero-order chi connectivity index (χ0) is 14.6. The van der Waals surface area contributed by atoms with Crippen LogP contribution in [0.15, 0.2) is 5.16 Å². The van der Waals surface area contributed by atoms with E-state index in [9.17, 15) is 4.79 Å². The SMILES string of the molecule is CCC(C)(C(=O)N(C)CC1CCCN1C)C(N)=NO. The summed E-state index contributed by atoms with van der Waals surface area (Å²) in [7, 11) is 3.87. The number of oxime groups is 1. The molecular formula is C13H26N4O2. The van der Waals surface area contributed by atoms with Crippen LogP contribution in [-0.2, 0) is 4.79 Å². The number of amides is 1. The molecule has 19 heavy (non-hydrogen) atoms. The number of hydrogen-bond donors (Lipinski definition) is 2. The highest BCUT2D eigenvalue weighted by atomic mass is 16.4. The Morgan fingerprint density at radius 3 is 2.68 bits per heavy atom. The van der Waals surface area contributed by atoms with Crippen LogP contribution in [0.2, 0.25) is 0 Å². The van der Waals surface area contributed by atoms with Crippen molar-refractivity contribution in [2.24, 2.45) is 16.3 Å². The first kappa shape index (κ1) is 15.8. The maximum absolute atomic E-state index is 12.5. The third kappa shape index (κ3) is 3.18. The normalized spacial score (nSPS) is 24.2. The predicted octanol–water partition coefficient (Wildman–Crippen LogP) is 0.702. The average Bonchev–Trinajstić information content (AvgIpc) is 2.81. The van der Waals surface area contributed by atoms with E-state index < -0.39 is 5.41 Å². The number of amidine groups is 1. The van der Waals surface area contributed by atoms with E-state index in [1.807, 2.05) is 6.92 Å². The van der Waals surface area contributed by atoms with E-state index in [1.165, 1.54) is 6.42 Å². The molecule has 3 N–H and O–H groups in total. The Balaban J connectivity index is 2.75. The summed E-state index contributed by atoms with van der Waals surface area (Å²) >= 11 is 0. The lowest BCUT2D eigenvalue weighted by Gasteiger charge is -2.33. The van der Waals surface area contributed by atoms with Gasteiger partial charge in [0.05, 0.1) is 0 Å². The summed E-state index contributed by atoms with van der Waals surface area (Å²) < 4.78 is 0. The zero-order valence-corrected chi connectivity index (χ0v) is 12.4. The average molecular weight is 270 g/mol. The molecule has 6 nitrogen and oxygen atoms in total. The number of likely N-dealkylation sites (tertiary alicyclic amines) is 1. The van der Waals surface area contributed by atoms with E-state index in [-0.39, 0.29) is 11.7 Å². The first-order chi connectivity index (χ1) is 8.86. The molecule has 1 heterocycles. The molecule has 1 amide bonds. The molecule has 2 atom stereocenters. The monoisotopic (exact) mass is 270 g/mol. The van der Waals surface area contributed by atoms with Gasteiger partial charge < -0.3 is 20.7 Å². The number of nitrogens with two attached hydrogens (primary N) is 1. The number of carbonyl (C=O) groups excluding carboxylic acids is 1. The van der Waals surface area contributed by atoms with Crippen molar-refractivity contribution in [2.75, 3.05) is 27.2 Å². The van der Waals surface area contributed by atoms with Crippen LogP contribution in [0.4, 0.5) is 0 Å². The molecule has 6 heteroatoms. The molecule has 0 aliphatic carbocycles. The summed E-state index contributed by atoms with van der Waals surface area (Å²) in [6, 6.07) is 0.405. The molecule has 1 aliphatic heterocycles. The fourth-order valence-corrected chi connectivity index (χ4v) is 2.58. The van der Waals surface area contributed by atoms with Crippen LogP contribution in [0.5, 0.6) is 0 Å². The third-order valence-electron chi connectivity index (χ3n) is 4.36. The van der Waals surface area contributed by atoms with Gasteiger partial charge in [0.1, 0.15) is 5.41 Å². The highest BCUT2D eigenvalue weighted by Gasteiger charge is 2.39. The van der Waals surface area contributed by atoms with E-state index in [0.717, 1.165) is 13.0 Å². The van der Waals surface area contributed by atoms with E-state index in [1.54, 1.807) is 18.9 Å². The Morgan fingerprint density at radius 1 is 1.63 bits per heavy atom.